The number of amides is 2. The number of aromatic amines is 1. The van der Waals surface area contributed by atoms with Gasteiger partial charge in [-0.15, -0.1) is 0 Å². The molecule has 174 valence electrons. The largest absolute Gasteiger partial charge is 0.361 e. The summed E-state index contributed by atoms with van der Waals surface area (Å²) < 4.78 is 0. The van der Waals surface area contributed by atoms with Gasteiger partial charge in [0.2, 0.25) is 5.91 Å². The van der Waals surface area contributed by atoms with E-state index in [4.69, 9.17) is 0 Å². The van der Waals surface area contributed by atoms with Gasteiger partial charge < -0.3 is 19.7 Å². The number of aromatic nitrogens is 1. The highest BCUT2D eigenvalue weighted by Crippen LogP contribution is 2.19. The number of unbranched alkanes of at least 4 members (excludes halogenated alkanes) is 1. The van der Waals surface area contributed by atoms with Crippen molar-refractivity contribution >= 4 is 22.7 Å². The molecule has 2 amide bonds. The number of hydrogen-bond donors (Lipinski definition) is 1. The number of carbonyl (C=O) groups is 2. The van der Waals surface area contributed by atoms with Crippen LogP contribution in [0.4, 0.5) is 0 Å². The van der Waals surface area contributed by atoms with E-state index in [1.807, 2.05) is 35.4 Å². The molecule has 0 atom stereocenters. The lowest BCUT2D eigenvalue weighted by atomic mass is 10.0. The minimum Gasteiger partial charge on any atom is -0.361 e. The molecule has 1 N–H and O–H groups in total. The summed E-state index contributed by atoms with van der Waals surface area (Å²) in [5.41, 5.74) is 1.58. The average molecular weight is 440 g/mol. The molecule has 2 fully saturated rings. The Hall–Kier alpha value is -2.38. The van der Waals surface area contributed by atoms with Crippen LogP contribution in [0.25, 0.3) is 10.9 Å². The molecule has 4 rings (SSSR count). The Morgan fingerprint density at radius 3 is 2.53 bits per heavy atom. The van der Waals surface area contributed by atoms with Crippen LogP contribution in [0.15, 0.2) is 30.5 Å². The van der Waals surface area contributed by atoms with Crippen LogP contribution in [0.3, 0.4) is 0 Å². The van der Waals surface area contributed by atoms with Gasteiger partial charge >= 0.3 is 0 Å². The number of fused-ring (bicyclic) bond motifs is 1. The molecule has 2 saturated heterocycles. The van der Waals surface area contributed by atoms with E-state index < -0.39 is 0 Å². The lowest BCUT2D eigenvalue weighted by Gasteiger charge is -2.42. The van der Waals surface area contributed by atoms with Crippen molar-refractivity contribution in [3.8, 4) is 0 Å². The first-order chi connectivity index (χ1) is 15.5. The number of H-pyrrole nitrogens is 1. The van der Waals surface area contributed by atoms with Crippen molar-refractivity contribution in [1.29, 1.82) is 0 Å². The van der Waals surface area contributed by atoms with Crippen LogP contribution in [-0.4, -0.2) is 102 Å². The van der Waals surface area contributed by atoms with E-state index in [1.54, 1.807) is 4.90 Å². The standard InChI is InChI=1S/C25H37N5O2/c1-3-4-11-30(25(32)21-6-5-20-7-10-26-23(20)18-21)19-24(31)29-16-14-28(15-17-29)22-8-12-27(2)13-9-22/h5-7,10,18,22,26H,3-4,8-9,11-17,19H2,1-2H3. The number of hydrogen-bond acceptors (Lipinski definition) is 4. The molecule has 2 aliphatic heterocycles. The fourth-order valence-electron chi connectivity index (χ4n) is 4.92. The van der Waals surface area contributed by atoms with Gasteiger partial charge in [-0.3, -0.25) is 14.5 Å². The van der Waals surface area contributed by atoms with Gasteiger partial charge in [0.15, 0.2) is 0 Å². The van der Waals surface area contributed by atoms with Crippen LogP contribution in [0.2, 0.25) is 0 Å². The Labute approximate surface area is 191 Å². The number of benzene rings is 1. The molecule has 1 aromatic heterocycles. The summed E-state index contributed by atoms with van der Waals surface area (Å²) in [6.07, 6.45) is 6.20. The second-order valence-corrected chi connectivity index (χ2v) is 9.31. The Balaban J connectivity index is 1.35. The molecule has 0 aliphatic carbocycles. The molecule has 2 aromatic rings. The molecule has 0 bridgehead atoms. The molecular formula is C25H37N5O2. The zero-order valence-corrected chi connectivity index (χ0v) is 19.6. The third-order valence-electron chi connectivity index (χ3n) is 7.07. The lowest BCUT2D eigenvalue weighted by molar-refractivity contribution is -0.134. The topological polar surface area (TPSA) is 62.9 Å². The van der Waals surface area contributed by atoms with Crippen molar-refractivity contribution in [3.63, 3.8) is 0 Å². The van der Waals surface area contributed by atoms with Crippen molar-refractivity contribution in [2.24, 2.45) is 0 Å². The normalized spacial score (nSPS) is 18.9. The molecule has 7 heteroatoms. The quantitative estimate of drug-likeness (QED) is 0.721. The van der Waals surface area contributed by atoms with Gasteiger partial charge in [-0.25, -0.2) is 0 Å². The molecule has 1 aromatic carbocycles. The summed E-state index contributed by atoms with van der Waals surface area (Å²) in [4.78, 5) is 38.2. The maximum absolute atomic E-state index is 13.2. The van der Waals surface area contributed by atoms with Gasteiger partial charge in [-0.05, 0) is 63.0 Å². The Kier molecular flexibility index (Phi) is 7.48. The SMILES string of the molecule is CCCCN(CC(=O)N1CCN(C2CCN(C)CC2)CC1)C(=O)c1ccc2cc[nH]c2c1. The van der Waals surface area contributed by atoms with Crippen LogP contribution in [0, 0.1) is 0 Å². The summed E-state index contributed by atoms with van der Waals surface area (Å²) in [6.45, 7) is 8.59. The number of piperazine rings is 1. The van der Waals surface area contributed by atoms with Gasteiger partial charge in [-0.2, -0.15) is 0 Å². The van der Waals surface area contributed by atoms with E-state index in [9.17, 15) is 9.59 Å². The minimum absolute atomic E-state index is 0.0618. The van der Waals surface area contributed by atoms with E-state index in [-0.39, 0.29) is 18.4 Å². The zero-order valence-electron chi connectivity index (χ0n) is 19.6. The van der Waals surface area contributed by atoms with Crippen molar-refractivity contribution in [3.05, 3.63) is 36.0 Å². The maximum Gasteiger partial charge on any atom is 0.254 e. The van der Waals surface area contributed by atoms with Crippen LogP contribution < -0.4 is 0 Å². The number of nitrogens with zero attached hydrogens (tertiary/aromatic N) is 4. The highest BCUT2D eigenvalue weighted by Gasteiger charge is 2.29. The fourth-order valence-corrected chi connectivity index (χ4v) is 4.92. The fraction of sp³-hybridized carbons (Fsp3) is 0.600. The Morgan fingerprint density at radius 2 is 1.81 bits per heavy atom. The summed E-state index contributed by atoms with van der Waals surface area (Å²) in [5.74, 6) is 0.00620. The summed E-state index contributed by atoms with van der Waals surface area (Å²) >= 11 is 0. The Morgan fingerprint density at radius 1 is 1.06 bits per heavy atom. The van der Waals surface area contributed by atoms with E-state index in [0.29, 0.717) is 18.2 Å². The van der Waals surface area contributed by atoms with E-state index >= 15 is 0 Å². The number of rotatable bonds is 7. The molecule has 3 heterocycles. The van der Waals surface area contributed by atoms with E-state index in [0.717, 1.165) is 63.0 Å². The van der Waals surface area contributed by atoms with Crippen LogP contribution in [0.1, 0.15) is 43.0 Å². The molecule has 7 nitrogen and oxygen atoms in total. The number of carbonyl (C=O) groups excluding carboxylic acids is 2. The third-order valence-corrected chi connectivity index (χ3v) is 7.07. The average Bonchev–Trinajstić information content (AvgIpc) is 3.30. The monoisotopic (exact) mass is 439 g/mol. The highest BCUT2D eigenvalue weighted by molar-refractivity contribution is 5.99. The highest BCUT2D eigenvalue weighted by atomic mass is 16.2. The molecule has 32 heavy (non-hydrogen) atoms. The number of nitrogens with one attached hydrogen (secondary N) is 1. The molecule has 2 aliphatic rings. The van der Waals surface area contributed by atoms with Crippen LogP contribution in [-0.2, 0) is 4.79 Å². The van der Waals surface area contributed by atoms with Gasteiger partial charge in [0, 0.05) is 56.0 Å². The molecule has 0 radical (unpaired) electrons. The summed E-state index contributed by atoms with van der Waals surface area (Å²) in [6, 6.07) is 8.35. The van der Waals surface area contributed by atoms with Gasteiger partial charge in [0.05, 0.1) is 0 Å². The van der Waals surface area contributed by atoms with Gasteiger partial charge in [0.1, 0.15) is 6.54 Å². The second-order valence-electron chi connectivity index (χ2n) is 9.31. The number of piperidine rings is 1. The lowest BCUT2D eigenvalue weighted by Crippen LogP contribution is -2.55. The molecule has 0 unspecified atom stereocenters. The van der Waals surface area contributed by atoms with Crippen LogP contribution in [0.5, 0.6) is 0 Å². The summed E-state index contributed by atoms with van der Waals surface area (Å²) in [5, 5.41) is 1.08. The first-order valence-electron chi connectivity index (χ1n) is 12.1. The van der Waals surface area contributed by atoms with Crippen molar-refractivity contribution in [2.75, 3.05) is 59.4 Å². The van der Waals surface area contributed by atoms with Crippen molar-refractivity contribution in [2.45, 2.75) is 38.6 Å². The van der Waals surface area contributed by atoms with Crippen molar-refractivity contribution < 1.29 is 9.59 Å². The maximum atomic E-state index is 13.2. The molecular weight excluding hydrogens is 402 g/mol. The van der Waals surface area contributed by atoms with E-state index in [2.05, 4.69) is 28.8 Å². The first kappa shape index (κ1) is 22.8. The predicted molar refractivity (Wildman–Crippen MR) is 128 cm³/mol. The number of likely N-dealkylation sites (tertiary alicyclic amines) is 1. The Bertz CT molecular complexity index is 910. The third kappa shape index (κ3) is 5.33. The van der Waals surface area contributed by atoms with E-state index in [1.165, 1.54) is 12.8 Å². The summed E-state index contributed by atoms with van der Waals surface area (Å²) in [7, 11) is 2.19. The van der Waals surface area contributed by atoms with Gasteiger partial charge in [0.25, 0.3) is 5.91 Å². The first-order valence-corrected chi connectivity index (χ1v) is 12.1. The van der Waals surface area contributed by atoms with Crippen LogP contribution >= 0.6 is 0 Å². The predicted octanol–water partition coefficient (Wildman–Crippen LogP) is 2.65. The smallest absolute Gasteiger partial charge is 0.254 e. The molecule has 0 spiro atoms. The second kappa shape index (κ2) is 10.5. The van der Waals surface area contributed by atoms with Crippen molar-refractivity contribution in [1.82, 2.24) is 24.6 Å². The van der Waals surface area contributed by atoms with Gasteiger partial charge in [-0.1, -0.05) is 19.4 Å². The zero-order chi connectivity index (χ0) is 22.5. The molecule has 0 saturated carbocycles. The minimum atomic E-state index is -0.0618.